The number of rotatable bonds is 5. The number of alkyl halides is 3. The monoisotopic (exact) mass is 401 g/mol. The third kappa shape index (κ3) is 4.08. The molecule has 0 bridgehead atoms. The molecule has 4 rings (SSSR count). The van der Waals surface area contributed by atoms with Crippen LogP contribution in [0.25, 0.3) is 5.65 Å². The predicted octanol–water partition coefficient (Wildman–Crippen LogP) is 2.32. The molecule has 0 aliphatic rings. The lowest BCUT2D eigenvalue weighted by Gasteiger charge is -2.08. The Bertz CT molecular complexity index is 1130. The summed E-state index contributed by atoms with van der Waals surface area (Å²) < 4.78 is 41.6. The quantitative estimate of drug-likeness (QED) is 0.554. The van der Waals surface area contributed by atoms with E-state index in [-0.39, 0.29) is 23.9 Å². The van der Waals surface area contributed by atoms with Gasteiger partial charge in [-0.25, -0.2) is 9.67 Å². The maximum absolute atomic E-state index is 12.9. The number of aromatic nitrogens is 6. The highest BCUT2D eigenvalue weighted by Gasteiger charge is 2.31. The van der Waals surface area contributed by atoms with Crippen LogP contribution in [0.15, 0.2) is 55.2 Å². The smallest absolute Gasteiger partial charge is 0.345 e. The summed E-state index contributed by atoms with van der Waals surface area (Å²) in [6, 6.07) is 9.07. The molecule has 148 valence electrons. The van der Waals surface area contributed by atoms with E-state index < -0.39 is 11.7 Å². The molecule has 3 aromatic heterocycles. The normalized spacial score (nSPS) is 11.7. The Morgan fingerprint density at radius 2 is 1.86 bits per heavy atom. The van der Waals surface area contributed by atoms with Crippen LogP contribution in [0.3, 0.4) is 0 Å². The first-order valence-corrected chi connectivity index (χ1v) is 8.50. The summed E-state index contributed by atoms with van der Waals surface area (Å²) >= 11 is 0. The van der Waals surface area contributed by atoms with Gasteiger partial charge in [0, 0.05) is 11.8 Å². The predicted molar refractivity (Wildman–Crippen MR) is 94.7 cm³/mol. The number of fused-ring (bicyclic) bond motifs is 1. The molecule has 4 aromatic rings. The van der Waals surface area contributed by atoms with Gasteiger partial charge in [0.25, 0.3) is 5.91 Å². The lowest BCUT2D eigenvalue weighted by molar-refractivity contribution is -0.137. The van der Waals surface area contributed by atoms with Gasteiger partial charge in [0.1, 0.15) is 12.7 Å². The molecule has 1 aromatic carbocycles. The number of pyridine rings is 1. The van der Waals surface area contributed by atoms with Gasteiger partial charge in [-0.15, -0.1) is 10.2 Å². The number of benzene rings is 1. The van der Waals surface area contributed by atoms with E-state index in [1.54, 1.807) is 35.3 Å². The summed E-state index contributed by atoms with van der Waals surface area (Å²) in [7, 11) is 0. The van der Waals surface area contributed by atoms with Crippen LogP contribution >= 0.6 is 0 Å². The minimum atomic E-state index is -4.48. The summed E-state index contributed by atoms with van der Waals surface area (Å²) in [6.07, 6.45) is -0.538. The fourth-order valence-corrected chi connectivity index (χ4v) is 2.75. The number of halogens is 3. The highest BCUT2D eigenvalue weighted by molar-refractivity contribution is 5.94. The van der Waals surface area contributed by atoms with Gasteiger partial charge in [-0.1, -0.05) is 12.1 Å². The number of nitrogens with one attached hydrogen (secondary N) is 1. The summed E-state index contributed by atoms with van der Waals surface area (Å²) in [6.45, 7) is 0.456. The first kappa shape index (κ1) is 18.6. The number of carbonyl (C=O) groups is 1. The number of hydrogen-bond acceptors (Lipinski definition) is 5. The molecule has 0 saturated heterocycles. The maximum Gasteiger partial charge on any atom is 0.417 e. The molecule has 8 nitrogen and oxygen atoms in total. The number of carbonyl (C=O) groups excluding carboxylic acids is 1. The molecule has 29 heavy (non-hydrogen) atoms. The molecule has 0 aliphatic carbocycles. The molecule has 0 fully saturated rings. The van der Waals surface area contributed by atoms with Crippen LogP contribution in [-0.2, 0) is 19.3 Å². The van der Waals surface area contributed by atoms with Gasteiger partial charge < -0.3 is 5.32 Å². The summed E-state index contributed by atoms with van der Waals surface area (Å²) in [5.74, 6) is -0.178. The second-order valence-electron chi connectivity index (χ2n) is 6.23. The zero-order chi connectivity index (χ0) is 20.4. The van der Waals surface area contributed by atoms with Gasteiger partial charge in [0.2, 0.25) is 0 Å². The topological polar surface area (TPSA) is 90.0 Å². The molecule has 1 amide bonds. The molecule has 0 spiro atoms. The Morgan fingerprint density at radius 3 is 2.55 bits per heavy atom. The van der Waals surface area contributed by atoms with Crippen LogP contribution < -0.4 is 5.32 Å². The van der Waals surface area contributed by atoms with Crippen molar-refractivity contribution in [3.63, 3.8) is 0 Å². The summed E-state index contributed by atoms with van der Waals surface area (Å²) in [5, 5.41) is 14.3. The fourth-order valence-electron chi connectivity index (χ4n) is 2.75. The van der Waals surface area contributed by atoms with Crippen LogP contribution in [0.4, 0.5) is 13.2 Å². The molecule has 0 saturated carbocycles. The van der Waals surface area contributed by atoms with Crippen LogP contribution in [-0.4, -0.2) is 35.3 Å². The van der Waals surface area contributed by atoms with Crippen molar-refractivity contribution in [3.05, 3.63) is 77.8 Å². The highest BCUT2D eigenvalue weighted by atomic mass is 19.4. The van der Waals surface area contributed by atoms with Gasteiger partial charge >= 0.3 is 6.18 Å². The van der Waals surface area contributed by atoms with E-state index in [1.165, 1.54) is 16.8 Å². The van der Waals surface area contributed by atoms with E-state index in [9.17, 15) is 18.0 Å². The Kier molecular flexibility index (Phi) is 4.71. The van der Waals surface area contributed by atoms with E-state index in [2.05, 4.69) is 25.6 Å². The Labute approximate surface area is 162 Å². The molecule has 3 heterocycles. The summed E-state index contributed by atoms with van der Waals surface area (Å²) in [4.78, 5) is 16.2. The van der Waals surface area contributed by atoms with E-state index in [0.29, 0.717) is 12.1 Å². The van der Waals surface area contributed by atoms with Crippen molar-refractivity contribution in [2.24, 2.45) is 0 Å². The molecule has 0 aliphatic heterocycles. The first-order chi connectivity index (χ1) is 13.9. The lowest BCUT2D eigenvalue weighted by atomic mass is 10.1. The first-order valence-electron chi connectivity index (χ1n) is 8.50. The third-order valence-corrected chi connectivity index (χ3v) is 4.23. The van der Waals surface area contributed by atoms with Crippen molar-refractivity contribution in [3.8, 4) is 0 Å². The minimum Gasteiger partial charge on any atom is -0.345 e. The van der Waals surface area contributed by atoms with Gasteiger partial charge in [-0.3, -0.25) is 9.20 Å². The van der Waals surface area contributed by atoms with Crippen molar-refractivity contribution in [2.75, 3.05) is 0 Å². The zero-order valence-corrected chi connectivity index (χ0v) is 14.8. The molecule has 0 unspecified atom stereocenters. The fraction of sp³-hybridized carbons (Fsp3) is 0.167. The Morgan fingerprint density at radius 1 is 1.07 bits per heavy atom. The standard InChI is InChI=1S/C18H14F3N7O/c19-18(20,21)14-5-6-15-25-26-16(28(15)9-14)7-23-17(29)13-3-1-12(2-4-13)8-27-11-22-10-24-27/h1-6,9-11H,7-8H2,(H,23,29). The highest BCUT2D eigenvalue weighted by Crippen LogP contribution is 2.29. The second kappa shape index (κ2) is 7.34. The Balaban J connectivity index is 1.44. The number of nitrogens with zero attached hydrogens (tertiary/aromatic N) is 6. The van der Waals surface area contributed by atoms with Gasteiger partial charge in [0.15, 0.2) is 11.5 Å². The third-order valence-electron chi connectivity index (χ3n) is 4.23. The minimum absolute atomic E-state index is 0.0674. The zero-order valence-electron chi connectivity index (χ0n) is 14.8. The average molecular weight is 401 g/mol. The molecular formula is C18H14F3N7O. The Hall–Kier alpha value is -3.76. The molecule has 0 atom stereocenters. The van der Waals surface area contributed by atoms with Crippen LogP contribution in [0.1, 0.15) is 27.3 Å². The van der Waals surface area contributed by atoms with Gasteiger partial charge in [0.05, 0.1) is 18.7 Å². The van der Waals surface area contributed by atoms with Crippen LogP contribution in [0.5, 0.6) is 0 Å². The lowest BCUT2D eigenvalue weighted by Crippen LogP contribution is -2.24. The summed E-state index contributed by atoms with van der Waals surface area (Å²) in [5.41, 5.74) is 0.799. The number of amides is 1. The number of hydrogen-bond donors (Lipinski definition) is 1. The van der Waals surface area contributed by atoms with E-state index in [0.717, 1.165) is 17.8 Å². The van der Waals surface area contributed by atoms with Gasteiger partial charge in [-0.05, 0) is 29.8 Å². The molecule has 1 N–H and O–H groups in total. The van der Waals surface area contributed by atoms with Crippen molar-refractivity contribution in [1.29, 1.82) is 0 Å². The average Bonchev–Trinajstić information content (AvgIpc) is 3.35. The SMILES string of the molecule is O=C(NCc1nnc2ccc(C(F)(F)F)cn12)c1ccc(Cn2cncn2)cc1. The van der Waals surface area contributed by atoms with E-state index >= 15 is 0 Å². The van der Waals surface area contributed by atoms with Gasteiger partial charge in [-0.2, -0.15) is 18.3 Å². The van der Waals surface area contributed by atoms with E-state index in [4.69, 9.17) is 0 Å². The largest absolute Gasteiger partial charge is 0.417 e. The molecular weight excluding hydrogens is 387 g/mol. The van der Waals surface area contributed by atoms with Crippen LogP contribution in [0.2, 0.25) is 0 Å². The van der Waals surface area contributed by atoms with Crippen molar-refractivity contribution < 1.29 is 18.0 Å². The van der Waals surface area contributed by atoms with E-state index in [1.807, 2.05) is 0 Å². The van der Waals surface area contributed by atoms with Crippen LogP contribution in [0, 0.1) is 0 Å². The van der Waals surface area contributed by atoms with Crippen molar-refractivity contribution in [1.82, 2.24) is 34.7 Å². The maximum atomic E-state index is 12.9. The molecule has 0 radical (unpaired) electrons. The molecule has 11 heteroatoms. The van der Waals surface area contributed by atoms with Crippen molar-refractivity contribution >= 4 is 11.6 Å². The van der Waals surface area contributed by atoms with Crippen molar-refractivity contribution in [2.45, 2.75) is 19.3 Å². The second-order valence-corrected chi connectivity index (χ2v) is 6.23.